The minimum absolute atomic E-state index is 0.0773. The number of rotatable bonds is 2. The molecular formula is C17H14O3. The normalized spacial score (nSPS) is 15.1. The third-order valence-electron chi connectivity index (χ3n) is 3.21. The maximum absolute atomic E-state index is 12.3. The molecule has 0 radical (unpaired) electrons. The van der Waals surface area contributed by atoms with Crippen molar-refractivity contribution in [2.45, 2.75) is 6.92 Å². The monoisotopic (exact) mass is 266 g/mol. The van der Waals surface area contributed by atoms with Crippen molar-refractivity contribution >= 4 is 11.9 Å². The lowest BCUT2D eigenvalue weighted by Crippen LogP contribution is -1.98. The molecule has 20 heavy (non-hydrogen) atoms. The maximum atomic E-state index is 12.3. The van der Waals surface area contributed by atoms with Crippen LogP contribution in [0.15, 0.2) is 48.2 Å². The molecule has 0 saturated carbocycles. The van der Waals surface area contributed by atoms with E-state index in [0.29, 0.717) is 17.1 Å². The number of aryl methyl sites for hydroxylation is 1. The molecule has 0 spiro atoms. The first-order chi connectivity index (χ1) is 9.67. The summed E-state index contributed by atoms with van der Waals surface area (Å²) >= 11 is 0. The predicted octanol–water partition coefficient (Wildman–Crippen LogP) is 3.62. The molecule has 3 heteroatoms. The Labute approximate surface area is 117 Å². The summed E-state index contributed by atoms with van der Waals surface area (Å²) in [5, 5.41) is 0. The fourth-order valence-electron chi connectivity index (χ4n) is 2.19. The lowest BCUT2D eigenvalue weighted by molar-refractivity contribution is 0.101. The molecule has 0 saturated heterocycles. The molecular weight excluding hydrogens is 252 g/mol. The van der Waals surface area contributed by atoms with Crippen molar-refractivity contribution in [2.24, 2.45) is 0 Å². The van der Waals surface area contributed by atoms with E-state index in [1.165, 1.54) is 0 Å². The van der Waals surface area contributed by atoms with E-state index in [1.807, 2.05) is 49.4 Å². The zero-order valence-electron chi connectivity index (χ0n) is 11.3. The zero-order valence-corrected chi connectivity index (χ0v) is 11.3. The van der Waals surface area contributed by atoms with Crippen LogP contribution in [0.3, 0.4) is 0 Å². The van der Waals surface area contributed by atoms with Crippen LogP contribution in [0, 0.1) is 6.92 Å². The highest BCUT2D eigenvalue weighted by molar-refractivity contribution is 6.14. The molecule has 0 atom stereocenters. The summed E-state index contributed by atoms with van der Waals surface area (Å²) in [6, 6.07) is 13.1. The van der Waals surface area contributed by atoms with E-state index in [0.717, 1.165) is 16.9 Å². The Morgan fingerprint density at radius 2 is 2.00 bits per heavy atom. The highest BCUT2D eigenvalue weighted by Gasteiger charge is 2.27. The number of methoxy groups -OCH3 is 1. The highest BCUT2D eigenvalue weighted by atomic mass is 16.5. The minimum Gasteiger partial charge on any atom is -0.497 e. The number of ketones is 1. The van der Waals surface area contributed by atoms with Crippen LogP contribution in [-0.2, 0) is 0 Å². The van der Waals surface area contributed by atoms with Gasteiger partial charge in [-0.2, -0.15) is 0 Å². The smallest absolute Gasteiger partial charge is 0.231 e. The zero-order chi connectivity index (χ0) is 14.1. The Balaban J connectivity index is 1.97. The molecule has 2 aromatic carbocycles. The summed E-state index contributed by atoms with van der Waals surface area (Å²) in [6.07, 6.45) is 1.74. The van der Waals surface area contributed by atoms with Crippen LogP contribution in [0.5, 0.6) is 11.5 Å². The van der Waals surface area contributed by atoms with Gasteiger partial charge in [-0.15, -0.1) is 0 Å². The second kappa shape index (κ2) is 4.85. The van der Waals surface area contributed by atoms with Gasteiger partial charge in [0.25, 0.3) is 0 Å². The van der Waals surface area contributed by atoms with Crippen molar-refractivity contribution in [3.05, 3.63) is 64.9 Å². The largest absolute Gasteiger partial charge is 0.497 e. The van der Waals surface area contributed by atoms with Crippen LogP contribution in [0.2, 0.25) is 0 Å². The number of hydrogen-bond donors (Lipinski definition) is 0. The van der Waals surface area contributed by atoms with E-state index in [4.69, 9.17) is 9.47 Å². The number of fused-ring (bicyclic) bond motifs is 1. The number of allylic oxidation sites excluding steroid dienone is 1. The van der Waals surface area contributed by atoms with Gasteiger partial charge < -0.3 is 9.47 Å². The molecule has 3 rings (SSSR count). The molecule has 0 aliphatic carbocycles. The third-order valence-corrected chi connectivity index (χ3v) is 3.21. The van der Waals surface area contributed by atoms with Crippen LogP contribution in [0.1, 0.15) is 21.5 Å². The predicted molar refractivity (Wildman–Crippen MR) is 77.1 cm³/mol. The number of benzene rings is 2. The Morgan fingerprint density at radius 3 is 2.80 bits per heavy atom. The lowest BCUT2D eigenvalue weighted by Gasteiger charge is -2.01. The number of carbonyl (C=O) groups excluding carboxylic acids is 1. The Morgan fingerprint density at radius 1 is 1.15 bits per heavy atom. The Kier molecular flexibility index (Phi) is 3.03. The molecule has 1 aliphatic heterocycles. The number of carbonyl (C=O) groups is 1. The van der Waals surface area contributed by atoms with Gasteiger partial charge >= 0.3 is 0 Å². The van der Waals surface area contributed by atoms with E-state index < -0.39 is 0 Å². The van der Waals surface area contributed by atoms with Gasteiger partial charge in [-0.3, -0.25) is 4.79 Å². The molecule has 2 aromatic rings. The number of Topliss-reactive ketones (excluding diaryl/α,β-unsaturated/α-hetero) is 1. The van der Waals surface area contributed by atoms with Gasteiger partial charge in [0.1, 0.15) is 11.5 Å². The quantitative estimate of drug-likeness (QED) is 0.779. The van der Waals surface area contributed by atoms with Gasteiger partial charge in [0, 0.05) is 0 Å². The van der Waals surface area contributed by atoms with Crippen molar-refractivity contribution in [1.82, 2.24) is 0 Å². The van der Waals surface area contributed by atoms with Gasteiger partial charge in [-0.1, -0.05) is 23.8 Å². The highest BCUT2D eigenvalue weighted by Crippen LogP contribution is 2.32. The second-order valence-corrected chi connectivity index (χ2v) is 4.72. The van der Waals surface area contributed by atoms with Crippen LogP contribution in [-0.4, -0.2) is 12.9 Å². The van der Waals surface area contributed by atoms with Gasteiger partial charge in [0.15, 0.2) is 5.76 Å². The van der Waals surface area contributed by atoms with E-state index in [9.17, 15) is 4.79 Å². The molecule has 0 fully saturated rings. The summed E-state index contributed by atoms with van der Waals surface area (Å²) in [4.78, 5) is 12.3. The third kappa shape index (κ3) is 2.18. The van der Waals surface area contributed by atoms with Gasteiger partial charge in [-0.25, -0.2) is 0 Å². The molecule has 100 valence electrons. The Hall–Kier alpha value is -2.55. The summed E-state index contributed by atoms with van der Waals surface area (Å²) < 4.78 is 10.8. The first-order valence-corrected chi connectivity index (χ1v) is 6.36. The van der Waals surface area contributed by atoms with E-state index in [-0.39, 0.29) is 5.78 Å². The summed E-state index contributed by atoms with van der Waals surface area (Å²) in [5.41, 5.74) is 2.54. The topological polar surface area (TPSA) is 35.5 Å². The SMILES string of the molecule is COc1cccc(/C=C2\Oc3ccc(C)cc3C2=O)c1. The van der Waals surface area contributed by atoms with E-state index >= 15 is 0 Å². The van der Waals surface area contributed by atoms with Crippen LogP contribution < -0.4 is 9.47 Å². The second-order valence-electron chi connectivity index (χ2n) is 4.72. The van der Waals surface area contributed by atoms with Crippen LogP contribution in [0.4, 0.5) is 0 Å². The van der Waals surface area contributed by atoms with Gasteiger partial charge in [-0.05, 0) is 42.8 Å². The lowest BCUT2D eigenvalue weighted by atomic mass is 10.1. The molecule has 0 aromatic heterocycles. The summed E-state index contributed by atoms with van der Waals surface area (Å²) in [7, 11) is 1.61. The summed E-state index contributed by atoms with van der Waals surface area (Å²) in [6.45, 7) is 1.96. The van der Waals surface area contributed by atoms with Crippen molar-refractivity contribution in [3.8, 4) is 11.5 Å². The Bertz CT molecular complexity index is 714. The average Bonchev–Trinajstić information content (AvgIpc) is 2.76. The average molecular weight is 266 g/mol. The number of ether oxygens (including phenoxy) is 2. The van der Waals surface area contributed by atoms with Gasteiger partial charge in [0.05, 0.1) is 12.7 Å². The van der Waals surface area contributed by atoms with Crippen molar-refractivity contribution in [1.29, 1.82) is 0 Å². The summed E-state index contributed by atoms with van der Waals surface area (Å²) in [5.74, 6) is 1.64. The van der Waals surface area contributed by atoms with Crippen LogP contribution in [0.25, 0.3) is 6.08 Å². The number of hydrogen-bond acceptors (Lipinski definition) is 3. The fourth-order valence-corrected chi connectivity index (χ4v) is 2.19. The van der Waals surface area contributed by atoms with Crippen LogP contribution >= 0.6 is 0 Å². The van der Waals surface area contributed by atoms with Crippen molar-refractivity contribution in [3.63, 3.8) is 0 Å². The minimum atomic E-state index is -0.0773. The molecule has 0 unspecified atom stereocenters. The maximum Gasteiger partial charge on any atom is 0.231 e. The molecule has 3 nitrogen and oxygen atoms in total. The fraction of sp³-hybridized carbons (Fsp3) is 0.118. The van der Waals surface area contributed by atoms with Gasteiger partial charge in [0.2, 0.25) is 5.78 Å². The molecule has 0 N–H and O–H groups in total. The standard InChI is InChI=1S/C17H14O3/c1-11-6-7-15-14(8-11)17(18)16(20-15)10-12-4-3-5-13(9-12)19-2/h3-10H,1-2H3/b16-10-. The molecule has 0 bridgehead atoms. The first kappa shape index (κ1) is 12.5. The molecule has 0 amide bonds. The van der Waals surface area contributed by atoms with E-state index in [2.05, 4.69) is 0 Å². The molecule has 1 heterocycles. The van der Waals surface area contributed by atoms with Crippen molar-refractivity contribution in [2.75, 3.05) is 7.11 Å². The molecule has 1 aliphatic rings. The van der Waals surface area contributed by atoms with E-state index in [1.54, 1.807) is 13.2 Å². The first-order valence-electron chi connectivity index (χ1n) is 6.36. The van der Waals surface area contributed by atoms with Crippen molar-refractivity contribution < 1.29 is 14.3 Å².